The zero-order valence-electron chi connectivity index (χ0n) is 18.3. The van der Waals surface area contributed by atoms with Gasteiger partial charge in [0.05, 0.1) is 0 Å². The second-order valence-corrected chi connectivity index (χ2v) is 8.01. The van der Waals surface area contributed by atoms with Gasteiger partial charge in [-0.25, -0.2) is 0 Å². The summed E-state index contributed by atoms with van der Waals surface area (Å²) in [6.07, 6.45) is 3.35. The van der Waals surface area contributed by atoms with Crippen molar-refractivity contribution in [2.75, 3.05) is 17.2 Å². The number of nitrogens with one attached hydrogen (secondary N) is 2. The number of hydrogen-bond donors (Lipinski definition) is 2. The summed E-state index contributed by atoms with van der Waals surface area (Å²) >= 11 is 5.95. The molecule has 6 heteroatoms. The maximum Gasteiger partial charge on any atom is 0.262 e. The van der Waals surface area contributed by atoms with Crippen LogP contribution in [0.15, 0.2) is 66.7 Å². The van der Waals surface area contributed by atoms with Gasteiger partial charge in [-0.3, -0.25) is 9.59 Å². The van der Waals surface area contributed by atoms with Crippen LogP contribution in [0.3, 0.4) is 0 Å². The van der Waals surface area contributed by atoms with Crippen LogP contribution in [-0.4, -0.2) is 18.4 Å². The van der Waals surface area contributed by atoms with Crippen LogP contribution in [0.1, 0.15) is 41.3 Å². The Morgan fingerprint density at radius 3 is 2.31 bits per heavy atom. The quantitative estimate of drug-likeness (QED) is 0.404. The molecule has 0 unspecified atom stereocenters. The zero-order valence-corrected chi connectivity index (χ0v) is 19.0. The van der Waals surface area contributed by atoms with Gasteiger partial charge < -0.3 is 15.4 Å². The summed E-state index contributed by atoms with van der Waals surface area (Å²) in [6.45, 7) is 3.93. The highest BCUT2D eigenvalue weighted by atomic mass is 35.5. The lowest BCUT2D eigenvalue weighted by Gasteiger charge is -2.10. The molecule has 0 radical (unpaired) electrons. The van der Waals surface area contributed by atoms with E-state index in [-0.39, 0.29) is 18.4 Å². The minimum atomic E-state index is -0.244. The Hall–Kier alpha value is -3.31. The van der Waals surface area contributed by atoms with Crippen LogP contribution in [0.4, 0.5) is 11.4 Å². The minimum absolute atomic E-state index is 0.118. The number of benzene rings is 3. The number of aryl methyl sites for hydroxylation is 2. The maximum absolute atomic E-state index is 12.5. The Morgan fingerprint density at radius 2 is 1.66 bits per heavy atom. The van der Waals surface area contributed by atoms with Crippen molar-refractivity contribution < 1.29 is 14.3 Å². The van der Waals surface area contributed by atoms with Crippen molar-refractivity contribution in [3.63, 3.8) is 0 Å². The van der Waals surface area contributed by atoms with Crippen molar-refractivity contribution in [3.05, 3.63) is 88.4 Å². The molecule has 0 aliphatic rings. The van der Waals surface area contributed by atoms with Gasteiger partial charge in [-0.15, -0.1) is 0 Å². The first kappa shape index (κ1) is 23.4. The normalized spacial score (nSPS) is 10.5. The standard InChI is InChI=1S/C26H27ClN2O3/c1-3-4-5-19-6-11-22(12-7-19)28-25(30)17-32-23-13-8-20(9-14-23)26(31)29-24-15-10-21(27)16-18(24)2/h6-16H,3-5,17H2,1-2H3,(H,28,30)(H,29,31). The first-order valence-electron chi connectivity index (χ1n) is 10.6. The molecule has 0 atom stereocenters. The van der Waals surface area contributed by atoms with E-state index >= 15 is 0 Å². The van der Waals surface area contributed by atoms with Gasteiger partial charge in [0, 0.05) is 22.0 Å². The average Bonchev–Trinajstić information content (AvgIpc) is 2.79. The summed E-state index contributed by atoms with van der Waals surface area (Å²) in [5.74, 6) is 0.0303. The summed E-state index contributed by atoms with van der Waals surface area (Å²) in [5, 5.41) is 6.31. The molecular formula is C26H27ClN2O3. The van der Waals surface area contributed by atoms with Crippen molar-refractivity contribution in [2.45, 2.75) is 33.1 Å². The van der Waals surface area contributed by atoms with Crippen molar-refractivity contribution in [1.29, 1.82) is 0 Å². The topological polar surface area (TPSA) is 67.4 Å². The van der Waals surface area contributed by atoms with Crippen LogP contribution >= 0.6 is 11.6 Å². The number of halogens is 1. The number of amides is 2. The third kappa shape index (κ3) is 6.86. The van der Waals surface area contributed by atoms with Gasteiger partial charge in [0.15, 0.2) is 6.61 Å². The highest BCUT2D eigenvalue weighted by Crippen LogP contribution is 2.21. The Balaban J connectivity index is 1.48. The number of carbonyl (C=O) groups excluding carboxylic acids is 2. The summed E-state index contributed by atoms with van der Waals surface area (Å²) in [7, 11) is 0. The van der Waals surface area contributed by atoms with Gasteiger partial charge >= 0.3 is 0 Å². The second-order valence-electron chi connectivity index (χ2n) is 7.58. The van der Waals surface area contributed by atoms with Crippen molar-refractivity contribution in [3.8, 4) is 5.75 Å². The molecule has 0 aliphatic carbocycles. The Kier molecular flexibility index (Phi) is 8.28. The molecule has 0 heterocycles. The summed E-state index contributed by atoms with van der Waals surface area (Å²) in [5.41, 5.74) is 4.07. The van der Waals surface area contributed by atoms with E-state index in [1.807, 2.05) is 31.2 Å². The molecule has 0 saturated carbocycles. The predicted molar refractivity (Wildman–Crippen MR) is 130 cm³/mol. The number of hydrogen-bond acceptors (Lipinski definition) is 3. The largest absolute Gasteiger partial charge is 0.484 e. The first-order valence-corrected chi connectivity index (χ1v) is 11.0. The Labute approximate surface area is 193 Å². The van der Waals surface area contributed by atoms with E-state index in [1.165, 1.54) is 5.56 Å². The third-order valence-electron chi connectivity index (χ3n) is 4.98. The average molecular weight is 451 g/mol. The van der Waals surface area contributed by atoms with E-state index in [0.717, 1.165) is 30.5 Å². The van der Waals surface area contributed by atoms with E-state index in [1.54, 1.807) is 42.5 Å². The number of rotatable bonds is 9. The Morgan fingerprint density at radius 1 is 0.938 bits per heavy atom. The third-order valence-corrected chi connectivity index (χ3v) is 5.21. The highest BCUT2D eigenvalue weighted by Gasteiger charge is 2.09. The monoisotopic (exact) mass is 450 g/mol. The molecule has 3 aromatic carbocycles. The number of unbranched alkanes of at least 4 members (excludes halogenated alkanes) is 1. The van der Waals surface area contributed by atoms with Crippen LogP contribution in [0, 0.1) is 6.92 Å². The molecule has 0 aliphatic heterocycles. The van der Waals surface area contributed by atoms with Gasteiger partial charge in [-0.2, -0.15) is 0 Å². The molecule has 0 fully saturated rings. The van der Waals surface area contributed by atoms with Gasteiger partial charge in [0.2, 0.25) is 0 Å². The molecule has 5 nitrogen and oxygen atoms in total. The highest BCUT2D eigenvalue weighted by molar-refractivity contribution is 6.30. The van der Waals surface area contributed by atoms with E-state index < -0.39 is 0 Å². The molecule has 166 valence electrons. The fourth-order valence-electron chi connectivity index (χ4n) is 3.15. The van der Waals surface area contributed by atoms with E-state index in [2.05, 4.69) is 17.6 Å². The summed E-state index contributed by atoms with van der Waals surface area (Å²) < 4.78 is 5.54. The fraction of sp³-hybridized carbons (Fsp3) is 0.231. The molecule has 3 aromatic rings. The van der Waals surface area contributed by atoms with Crippen molar-refractivity contribution >= 4 is 34.8 Å². The second kappa shape index (κ2) is 11.3. The minimum Gasteiger partial charge on any atom is -0.484 e. The first-order chi connectivity index (χ1) is 15.4. The van der Waals surface area contributed by atoms with Gasteiger partial charge in [-0.1, -0.05) is 37.1 Å². The van der Waals surface area contributed by atoms with Crippen molar-refractivity contribution in [1.82, 2.24) is 0 Å². The molecule has 0 bridgehead atoms. The zero-order chi connectivity index (χ0) is 22.9. The lowest BCUT2D eigenvalue weighted by Crippen LogP contribution is -2.20. The molecule has 32 heavy (non-hydrogen) atoms. The van der Waals surface area contributed by atoms with Crippen LogP contribution < -0.4 is 15.4 Å². The van der Waals surface area contributed by atoms with Gasteiger partial charge in [0.25, 0.3) is 11.8 Å². The smallest absolute Gasteiger partial charge is 0.262 e. The maximum atomic E-state index is 12.5. The number of anilines is 2. The fourth-order valence-corrected chi connectivity index (χ4v) is 3.37. The Bertz CT molecular complexity index is 1060. The molecule has 0 spiro atoms. The molecule has 3 rings (SSSR count). The van der Waals surface area contributed by atoms with Gasteiger partial charge in [0.1, 0.15) is 5.75 Å². The molecular weight excluding hydrogens is 424 g/mol. The van der Waals surface area contributed by atoms with E-state index in [4.69, 9.17) is 16.3 Å². The summed E-state index contributed by atoms with van der Waals surface area (Å²) in [4.78, 5) is 24.6. The van der Waals surface area contributed by atoms with Crippen LogP contribution in [0.2, 0.25) is 5.02 Å². The number of ether oxygens (including phenoxy) is 1. The lowest BCUT2D eigenvalue weighted by molar-refractivity contribution is -0.118. The van der Waals surface area contributed by atoms with Crippen LogP contribution in [0.25, 0.3) is 0 Å². The van der Waals surface area contributed by atoms with E-state index in [9.17, 15) is 9.59 Å². The molecule has 2 N–H and O–H groups in total. The van der Waals surface area contributed by atoms with Crippen LogP contribution in [0.5, 0.6) is 5.75 Å². The molecule has 0 saturated heterocycles. The van der Waals surface area contributed by atoms with E-state index in [0.29, 0.717) is 22.0 Å². The molecule has 0 aromatic heterocycles. The van der Waals surface area contributed by atoms with Crippen LogP contribution in [-0.2, 0) is 11.2 Å². The van der Waals surface area contributed by atoms with Crippen molar-refractivity contribution in [2.24, 2.45) is 0 Å². The summed E-state index contributed by atoms with van der Waals surface area (Å²) in [6, 6.07) is 19.8. The molecule has 2 amide bonds. The number of carbonyl (C=O) groups is 2. The predicted octanol–water partition coefficient (Wildman–Crippen LogP) is 6.26. The SMILES string of the molecule is CCCCc1ccc(NC(=O)COc2ccc(C(=O)Nc3ccc(Cl)cc3C)cc2)cc1. The van der Waals surface area contributed by atoms with Gasteiger partial charge in [-0.05, 0) is 85.5 Å². The lowest BCUT2D eigenvalue weighted by atomic mass is 10.1.